The summed E-state index contributed by atoms with van der Waals surface area (Å²) in [6.45, 7) is 5.41. The molecule has 154 valence electrons. The smallest absolute Gasteiger partial charge is 0.243 e. The van der Waals surface area contributed by atoms with E-state index in [-0.39, 0.29) is 29.3 Å². The highest BCUT2D eigenvalue weighted by Crippen LogP contribution is 2.26. The van der Waals surface area contributed by atoms with E-state index in [0.717, 1.165) is 5.52 Å². The Kier molecular flexibility index (Phi) is 6.31. The largest absolute Gasteiger partial charge is 0.383 e. The average Bonchev–Trinajstić information content (AvgIpc) is 3.11. The monoisotopic (exact) mass is 409 g/mol. The van der Waals surface area contributed by atoms with Crippen LogP contribution in [-0.2, 0) is 19.6 Å². The van der Waals surface area contributed by atoms with Crippen molar-refractivity contribution in [3.05, 3.63) is 18.2 Å². The number of hydrogen-bond acceptors (Lipinski definition) is 6. The van der Waals surface area contributed by atoms with E-state index in [9.17, 15) is 13.2 Å². The van der Waals surface area contributed by atoms with Crippen molar-refractivity contribution in [2.75, 3.05) is 33.4 Å². The lowest BCUT2D eigenvalue weighted by Gasteiger charge is -2.31. The van der Waals surface area contributed by atoms with Crippen LogP contribution in [0.3, 0.4) is 0 Å². The Bertz CT molecular complexity index is 941. The summed E-state index contributed by atoms with van der Waals surface area (Å²) < 4.78 is 34.3. The van der Waals surface area contributed by atoms with Gasteiger partial charge in [0.25, 0.3) is 0 Å². The lowest BCUT2D eigenvalue weighted by atomic mass is 9.99. The molecule has 1 aromatic carbocycles. The Hall–Kier alpha value is -2.04. The van der Waals surface area contributed by atoms with E-state index < -0.39 is 10.0 Å². The maximum atomic E-state index is 13.1. The zero-order valence-electron chi connectivity index (χ0n) is 16.5. The molecule has 0 bridgehead atoms. The lowest BCUT2D eigenvalue weighted by molar-refractivity contribution is -0.126. The molecule has 1 N–H and O–H groups in total. The molecule has 1 fully saturated rings. The third-order valence-electron chi connectivity index (χ3n) is 4.93. The Morgan fingerprint density at radius 2 is 2.18 bits per heavy atom. The quantitative estimate of drug-likeness (QED) is 0.688. The molecular formula is C18H27N5O4S. The molecule has 28 heavy (non-hydrogen) atoms. The highest BCUT2D eigenvalue weighted by atomic mass is 32.2. The van der Waals surface area contributed by atoms with Gasteiger partial charge in [-0.25, -0.2) is 13.1 Å². The first-order chi connectivity index (χ1) is 13.3. The van der Waals surface area contributed by atoms with Gasteiger partial charge in [0.15, 0.2) is 0 Å². The molecule has 1 amide bonds. The van der Waals surface area contributed by atoms with Crippen LogP contribution in [0, 0.1) is 5.92 Å². The van der Waals surface area contributed by atoms with E-state index in [1.807, 2.05) is 13.8 Å². The fraction of sp³-hybridized carbons (Fsp3) is 0.611. The zero-order valence-corrected chi connectivity index (χ0v) is 17.3. The Morgan fingerprint density at radius 3 is 2.89 bits per heavy atom. The molecule has 2 aromatic rings. The first-order valence-electron chi connectivity index (χ1n) is 9.46. The number of fused-ring (bicyclic) bond motifs is 1. The van der Waals surface area contributed by atoms with Gasteiger partial charge in [-0.1, -0.05) is 5.21 Å². The summed E-state index contributed by atoms with van der Waals surface area (Å²) in [5.74, 6) is -0.488. The number of ether oxygens (including phenoxy) is 1. The second-order valence-corrected chi connectivity index (χ2v) is 9.20. The molecule has 10 heteroatoms. The predicted molar refractivity (Wildman–Crippen MR) is 104 cm³/mol. The van der Waals surface area contributed by atoms with Crippen molar-refractivity contribution >= 4 is 27.0 Å². The Morgan fingerprint density at radius 1 is 1.39 bits per heavy atom. The van der Waals surface area contributed by atoms with Crippen LogP contribution in [0.4, 0.5) is 0 Å². The number of amides is 1. The maximum Gasteiger partial charge on any atom is 0.243 e. The van der Waals surface area contributed by atoms with Gasteiger partial charge in [-0.05, 0) is 44.9 Å². The maximum absolute atomic E-state index is 13.1. The molecule has 9 nitrogen and oxygen atoms in total. The van der Waals surface area contributed by atoms with Crippen molar-refractivity contribution in [2.24, 2.45) is 5.92 Å². The number of aromatic nitrogens is 3. The molecule has 3 rings (SSSR count). The molecule has 2 heterocycles. The van der Waals surface area contributed by atoms with E-state index >= 15 is 0 Å². The van der Waals surface area contributed by atoms with Crippen LogP contribution in [0.25, 0.3) is 11.0 Å². The molecule has 1 aliphatic heterocycles. The third-order valence-corrected chi connectivity index (χ3v) is 6.79. The molecule has 1 saturated heterocycles. The zero-order chi connectivity index (χ0) is 20.3. The Balaban J connectivity index is 1.78. The predicted octanol–water partition coefficient (Wildman–Crippen LogP) is 1.18. The van der Waals surface area contributed by atoms with Gasteiger partial charge >= 0.3 is 0 Å². The molecule has 1 atom stereocenters. The van der Waals surface area contributed by atoms with Crippen molar-refractivity contribution in [2.45, 2.75) is 37.6 Å². The second kappa shape index (κ2) is 8.54. The van der Waals surface area contributed by atoms with E-state index in [4.69, 9.17) is 4.74 Å². The van der Waals surface area contributed by atoms with Crippen molar-refractivity contribution in [1.82, 2.24) is 24.6 Å². The summed E-state index contributed by atoms with van der Waals surface area (Å²) in [5.41, 5.74) is 1.34. The summed E-state index contributed by atoms with van der Waals surface area (Å²) in [4.78, 5) is 12.5. The van der Waals surface area contributed by atoms with Gasteiger partial charge in [-0.15, -0.1) is 5.10 Å². The molecule has 0 saturated carbocycles. The highest BCUT2D eigenvalue weighted by Gasteiger charge is 2.33. The molecule has 0 spiro atoms. The minimum atomic E-state index is -3.70. The molecular weight excluding hydrogens is 382 g/mol. The summed E-state index contributed by atoms with van der Waals surface area (Å²) in [7, 11) is -2.14. The fourth-order valence-electron chi connectivity index (χ4n) is 3.41. The second-order valence-electron chi connectivity index (χ2n) is 7.26. The number of methoxy groups -OCH3 is 1. The normalized spacial score (nSPS) is 18.6. The first kappa shape index (κ1) is 20.7. The van der Waals surface area contributed by atoms with Crippen LogP contribution >= 0.6 is 0 Å². The van der Waals surface area contributed by atoms with Crippen molar-refractivity contribution < 1.29 is 17.9 Å². The van der Waals surface area contributed by atoms with Crippen LogP contribution in [0.2, 0.25) is 0 Å². The standard InChI is InChI=1S/C18H27N5O4S/c1-13(2)23-17-7-6-15(11-16(17)20-21-23)28(25,26)22-9-4-5-14(12-22)18(24)19-8-10-27-3/h6-7,11,13-14H,4-5,8-10,12H2,1-3H3,(H,19,24)/t14-/m0/s1. The number of nitrogens with one attached hydrogen (secondary N) is 1. The Labute approximate surface area is 165 Å². The van der Waals surface area contributed by atoms with Gasteiger partial charge in [-0.2, -0.15) is 4.31 Å². The van der Waals surface area contributed by atoms with Gasteiger partial charge in [0.1, 0.15) is 5.52 Å². The SMILES string of the molecule is COCCNC(=O)[C@H]1CCCN(S(=O)(=O)c2ccc3c(c2)nnn3C(C)C)C1. The van der Waals surface area contributed by atoms with Crippen LogP contribution in [0.5, 0.6) is 0 Å². The van der Waals surface area contributed by atoms with Crippen molar-refractivity contribution in [3.63, 3.8) is 0 Å². The first-order valence-corrected chi connectivity index (χ1v) is 10.9. The topological polar surface area (TPSA) is 106 Å². The molecule has 0 aliphatic carbocycles. The van der Waals surface area contributed by atoms with Crippen LogP contribution in [0.15, 0.2) is 23.1 Å². The summed E-state index contributed by atoms with van der Waals surface area (Å²) in [5, 5.41) is 11.0. The number of hydrogen-bond donors (Lipinski definition) is 1. The molecule has 1 aromatic heterocycles. The van der Waals surface area contributed by atoms with E-state index in [1.165, 1.54) is 4.31 Å². The number of nitrogens with zero attached hydrogens (tertiary/aromatic N) is 4. The molecule has 0 unspecified atom stereocenters. The van der Waals surface area contributed by atoms with Gasteiger partial charge in [0, 0.05) is 32.8 Å². The van der Waals surface area contributed by atoms with Gasteiger partial charge in [0.05, 0.1) is 22.9 Å². The number of rotatable bonds is 7. The minimum absolute atomic E-state index is 0.131. The summed E-state index contributed by atoms with van der Waals surface area (Å²) in [6, 6.07) is 5.01. The molecule has 1 aliphatic rings. The van der Waals surface area contributed by atoms with Crippen LogP contribution in [0.1, 0.15) is 32.7 Å². The van der Waals surface area contributed by atoms with Gasteiger partial charge < -0.3 is 10.1 Å². The number of piperidine rings is 1. The van der Waals surface area contributed by atoms with E-state index in [0.29, 0.717) is 38.1 Å². The lowest BCUT2D eigenvalue weighted by Crippen LogP contribution is -2.45. The number of carbonyl (C=O) groups is 1. The summed E-state index contributed by atoms with van der Waals surface area (Å²) in [6.07, 6.45) is 1.32. The van der Waals surface area contributed by atoms with E-state index in [2.05, 4.69) is 15.6 Å². The van der Waals surface area contributed by atoms with Gasteiger partial charge in [-0.3, -0.25) is 4.79 Å². The number of benzene rings is 1. The number of carbonyl (C=O) groups excluding carboxylic acids is 1. The van der Waals surface area contributed by atoms with Crippen molar-refractivity contribution in [3.8, 4) is 0 Å². The average molecular weight is 410 g/mol. The van der Waals surface area contributed by atoms with Crippen LogP contribution in [-0.4, -0.2) is 67.0 Å². The minimum Gasteiger partial charge on any atom is -0.383 e. The highest BCUT2D eigenvalue weighted by molar-refractivity contribution is 7.89. The van der Waals surface area contributed by atoms with Crippen LogP contribution < -0.4 is 5.32 Å². The fourth-order valence-corrected chi connectivity index (χ4v) is 4.95. The third kappa shape index (κ3) is 4.18. The van der Waals surface area contributed by atoms with Crippen molar-refractivity contribution in [1.29, 1.82) is 0 Å². The molecule has 0 radical (unpaired) electrons. The number of sulfonamides is 1. The van der Waals surface area contributed by atoms with Gasteiger partial charge in [0.2, 0.25) is 15.9 Å². The van der Waals surface area contributed by atoms with E-state index in [1.54, 1.807) is 30.0 Å². The summed E-state index contributed by atoms with van der Waals surface area (Å²) >= 11 is 0.